The second-order valence-corrected chi connectivity index (χ2v) is 7.41. The maximum absolute atomic E-state index is 12.2. The maximum Gasteiger partial charge on any atom is 0.237 e. The largest absolute Gasteiger partial charge is 0.379 e. The van der Waals surface area contributed by atoms with Crippen LogP contribution in [0.15, 0.2) is 53.5 Å². The van der Waals surface area contributed by atoms with Crippen molar-refractivity contribution in [3.63, 3.8) is 0 Å². The predicted molar refractivity (Wildman–Crippen MR) is 113 cm³/mol. The monoisotopic (exact) mass is 377 g/mol. The van der Waals surface area contributed by atoms with Gasteiger partial charge in [0.1, 0.15) is 5.92 Å². The molecular weight excluding hydrogens is 350 g/mol. The number of aliphatic imine (C=N–C) groups is 1. The van der Waals surface area contributed by atoms with Crippen LogP contribution in [0.4, 0.5) is 11.4 Å². The van der Waals surface area contributed by atoms with Crippen molar-refractivity contribution in [2.45, 2.75) is 25.2 Å². The number of carbonyl (C=O) groups is 1. The molecular formula is C23H27N3O2. The van der Waals surface area contributed by atoms with Crippen LogP contribution < -0.4 is 5.32 Å². The Hall–Kier alpha value is -2.50. The molecule has 1 atom stereocenters. The lowest BCUT2D eigenvalue weighted by atomic mass is 10.0. The van der Waals surface area contributed by atoms with Crippen molar-refractivity contribution in [1.29, 1.82) is 0 Å². The van der Waals surface area contributed by atoms with E-state index in [1.165, 1.54) is 18.4 Å². The van der Waals surface area contributed by atoms with Gasteiger partial charge in [-0.1, -0.05) is 30.3 Å². The summed E-state index contributed by atoms with van der Waals surface area (Å²) in [6.45, 7) is 5.04. The van der Waals surface area contributed by atoms with Gasteiger partial charge in [-0.2, -0.15) is 0 Å². The van der Waals surface area contributed by atoms with Crippen LogP contribution in [0.1, 0.15) is 29.9 Å². The average Bonchev–Trinajstić information content (AvgIpc) is 3.06. The number of hydrogen-bond donors (Lipinski definition) is 1. The number of fused-ring (bicyclic) bond motifs is 1. The van der Waals surface area contributed by atoms with Crippen molar-refractivity contribution < 1.29 is 9.53 Å². The number of aryl methyl sites for hydroxylation is 1. The van der Waals surface area contributed by atoms with Crippen LogP contribution >= 0.6 is 0 Å². The van der Waals surface area contributed by atoms with Crippen LogP contribution in [0.25, 0.3) is 0 Å². The van der Waals surface area contributed by atoms with Gasteiger partial charge in [0.05, 0.1) is 18.9 Å². The molecule has 0 radical (unpaired) electrons. The van der Waals surface area contributed by atoms with Crippen molar-refractivity contribution in [3.8, 4) is 0 Å². The highest BCUT2D eigenvalue weighted by Crippen LogP contribution is 2.31. The van der Waals surface area contributed by atoms with Crippen LogP contribution in [-0.4, -0.2) is 49.9 Å². The molecule has 1 N–H and O–H groups in total. The van der Waals surface area contributed by atoms with Gasteiger partial charge in [0, 0.05) is 25.0 Å². The van der Waals surface area contributed by atoms with Crippen molar-refractivity contribution in [2.75, 3.05) is 38.2 Å². The Morgan fingerprint density at radius 1 is 1.07 bits per heavy atom. The number of amides is 1. The molecule has 28 heavy (non-hydrogen) atoms. The summed E-state index contributed by atoms with van der Waals surface area (Å²) in [6.07, 6.45) is 5.25. The van der Waals surface area contributed by atoms with Gasteiger partial charge in [-0.3, -0.25) is 14.7 Å². The van der Waals surface area contributed by atoms with Gasteiger partial charge in [-0.25, -0.2) is 0 Å². The van der Waals surface area contributed by atoms with E-state index in [1.807, 2.05) is 36.4 Å². The van der Waals surface area contributed by atoms with E-state index < -0.39 is 0 Å². The quantitative estimate of drug-likeness (QED) is 0.590. The van der Waals surface area contributed by atoms with E-state index >= 15 is 0 Å². The zero-order valence-electron chi connectivity index (χ0n) is 16.1. The lowest BCUT2D eigenvalue weighted by Gasteiger charge is -2.26. The number of rotatable bonds is 7. The number of para-hydroxylation sites is 1. The summed E-state index contributed by atoms with van der Waals surface area (Å²) in [5.41, 5.74) is 4.10. The first-order valence-electron chi connectivity index (χ1n) is 10.1. The number of unbranched alkanes of at least 4 members (excludes halogenated alkanes) is 1. The van der Waals surface area contributed by atoms with Gasteiger partial charge in [0.25, 0.3) is 0 Å². The van der Waals surface area contributed by atoms with Crippen molar-refractivity contribution in [2.24, 2.45) is 4.99 Å². The molecule has 0 saturated carbocycles. The van der Waals surface area contributed by atoms with E-state index in [9.17, 15) is 4.79 Å². The summed E-state index contributed by atoms with van der Waals surface area (Å²) >= 11 is 0. The van der Waals surface area contributed by atoms with Gasteiger partial charge < -0.3 is 10.1 Å². The van der Waals surface area contributed by atoms with Gasteiger partial charge in [0.15, 0.2) is 0 Å². The van der Waals surface area contributed by atoms with E-state index in [4.69, 9.17) is 4.74 Å². The molecule has 1 unspecified atom stereocenters. The van der Waals surface area contributed by atoms with Gasteiger partial charge in [-0.15, -0.1) is 0 Å². The minimum absolute atomic E-state index is 0.0122. The number of ether oxygens (including phenoxy) is 1. The minimum atomic E-state index is -0.309. The zero-order chi connectivity index (χ0) is 19.2. The molecule has 4 rings (SSSR count). The van der Waals surface area contributed by atoms with Gasteiger partial charge >= 0.3 is 0 Å². The van der Waals surface area contributed by atoms with Crippen molar-refractivity contribution in [1.82, 2.24) is 4.90 Å². The molecule has 1 fully saturated rings. The van der Waals surface area contributed by atoms with E-state index in [2.05, 4.69) is 27.3 Å². The first-order chi connectivity index (χ1) is 13.8. The SMILES string of the molecule is O=C1Nc2ccccc2C1C=Nc1ccc(CCCCN2CCOCC2)cc1. The van der Waals surface area contributed by atoms with E-state index in [0.29, 0.717) is 0 Å². The Labute approximate surface area is 166 Å². The van der Waals surface area contributed by atoms with Crippen LogP contribution in [0.3, 0.4) is 0 Å². The third-order valence-corrected chi connectivity index (χ3v) is 5.44. The molecule has 2 heterocycles. The van der Waals surface area contributed by atoms with Crippen LogP contribution in [0.5, 0.6) is 0 Å². The van der Waals surface area contributed by atoms with Crippen molar-refractivity contribution in [3.05, 3.63) is 59.7 Å². The summed E-state index contributed by atoms with van der Waals surface area (Å²) in [5, 5.41) is 2.90. The molecule has 146 valence electrons. The second kappa shape index (κ2) is 9.13. The fraction of sp³-hybridized carbons (Fsp3) is 0.391. The zero-order valence-corrected chi connectivity index (χ0v) is 16.1. The van der Waals surface area contributed by atoms with Crippen LogP contribution in [-0.2, 0) is 16.0 Å². The number of hydrogen-bond acceptors (Lipinski definition) is 4. The molecule has 0 spiro atoms. The third-order valence-electron chi connectivity index (χ3n) is 5.44. The molecule has 2 aromatic carbocycles. The van der Waals surface area contributed by atoms with E-state index in [1.54, 1.807) is 6.21 Å². The lowest BCUT2D eigenvalue weighted by molar-refractivity contribution is -0.115. The molecule has 2 aromatic rings. The molecule has 0 aliphatic carbocycles. The van der Waals surface area contributed by atoms with Crippen LogP contribution in [0, 0.1) is 0 Å². The number of morpholine rings is 1. The fourth-order valence-electron chi connectivity index (χ4n) is 3.78. The van der Waals surface area contributed by atoms with Gasteiger partial charge in [0.2, 0.25) is 5.91 Å². The third kappa shape index (κ3) is 4.66. The molecule has 1 saturated heterocycles. The Morgan fingerprint density at radius 2 is 1.86 bits per heavy atom. The minimum Gasteiger partial charge on any atom is -0.379 e. The molecule has 5 heteroatoms. The molecule has 2 aliphatic heterocycles. The maximum atomic E-state index is 12.2. The Morgan fingerprint density at radius 3 is 2.68 bits per heavy atom. The first-order valence-corrected chi connectivity index (χ1v) is 10.1. The Kier molecular flexibility index (Phi) is 6.14. The topological polar surface area (TPSA) is 53.9 Å². The smallest absolute Gasteiger partial charge is 0.237 e. The molecule has 2 aliphatic rings. The summed E-state index contributed by atoms with van der Waals surface area (Å²) in [5.74, 6) is -0.321. The van der Waals surface area contributed by atoms with Crippen molar-refractivity contribution >= 4 is 23.5 Å². The number of benzene rings is 2. The summed E-state index contributed by atoms with van der Waals surface area (Å²) in [4.78, 5) is 19.2. The predicted octanol–water partition coefficient (Wildman–Crippen LogP) is 3.78. The summed E-state index contributed by atoms with van der Waals surface area (Å²) in [7, 11) is 0. The fourth-order valence-corrected chi connectivity index (χ4v) is 3.78. The number of carbonyl (C=O) groups excluding carboxylic acids is 1. The lowest BCUT2D eigenvalue weighted by Crippen LogP contribution is -2.36. The second-order valence-electron chi connectivity index (χ2n) is 7.41. The average molecular weight is 377 g/mol. The summed E-state index contributed by atoms with van der Waals surface area (Å²) in [6, 6.07) is 16.1. The molecule has 0 aromatic heterocycles. The van der Waals surface area contributed by atoms with E-state index in [-0.39, 0.29) is 11.8 Å². The highest BCUT2D eigenvalue weighted by atomic mass is 16.5. The first kappa shape index (κ1) is 18.8. The molecule has 5 nitrogen and oxygen atoms in total. The number of nitrogens with one attached hydrogen (secondary N) is 1. The highest BCUT2D eigenvalue weighted by Gasteiger charge is 2.28. The summed E-state index contributed by atoms with van der Waals surface area (Å²) < 4.78 is 5.39. The molecule has 0 bridgehead atoms. The van der Waals surface area contributed by atoms with E-state index in [0.717, 1.165) is 56.2 Å². The Bertz CT molecular complexity index is 826. The standard InChI is InChI=1S/C23H27N3O2/c27-23-21(20-6-1-2-7-22(20)25-23)17-24-19-10-8-18(9-11-19)5-3-4-12-26-13-15-28-16-14-26/h1-2,6-11,17,21H,3-5,12-16H2,(H,25,27). The van der Waals surface area contributed by atoms with Gasteiger partial charge in [-0.05, 0) is 55.1 Å². The molecule has 1 amide bonds. The number of nitrogens with zero attached hydrogens (tertiary/aromatic N) is 2. The number of anilines is 1. The Balaban J connectivity index is 1.26. The van der Waals surface area contributed by atoms with Crippen LogP contribution in [0.2, 0.25) is 0 Å². The highest BCUT2D eigenvalue weighted by molar-refractivity contribution is 6.12. The normalized spacial score (nSPS) is 19.7.